The van der Waals surface area contributed by atoms with Crippen LogP contribution in [0.2, 0.25) is 0 Å². The predicted molar refractivity (Wildman–Crippen MR) is 110 cm³/mol. The molecule has 1 aromatic carbocycles. The zero-order valence-electron chi connectivity index (χ0n) is 16.1. The van der Waals surface area contributed by atoms with Gasteiger partial charge in [-0.3, -0.25) is 24.1 Å². The zero-order valence-corrected chi connectivity index (χ0v) is 16.9. The lowest BCUT2D eigenvalue weighted by Crippen LogP contribution is -2.38. The Morgan fingerprint density at radius 2 is 1.87 bits per heavy atom. The summed E-state index contributed by atoms with van der Waals surface area (Å²) in [7, 11) is 0. The smallest absolute Gasteiger partial charge is 0.293 e. The van der Waals surface area contributed by atoms with Crippen molar-refractivity contribution in [1.82, 2.24) is 20.0 Å². The van der Waals surface area contributed by atoms with Crippen LogP contribution in [0.1, 0.15) is 29.4 Å². The summed E-state index contributed by atoms with van der Waals surface area (Å²) >= 11 is 0.787. The Morgan fingerprint density at radius 3 is 2.57 bits per heavy atom. The van der Waals surface area contributed by atoms with Crippen LogP contribution in [0.4, 0.5) is 9.18 Å². The van der Waals surface area contributed by atoms with Crippen LogP contribution < -0.4 is 10.9 Å². The first-order valence-electron chi connectivity index (χ1n) is 9.26. The molecule has 10 heteroatoms. The van der Waals surface area contributed by atoms with Gasteiger partial charge in [-0.15, -0.1) is 0 Å². The van der Waals surface area contributed by atoms with Crippen LogP contribution in [0, 0.1) is 5.82 Å². The lowest BCUT2D eigenvalue weighted by molar-refractivity contribution is -0.122. The highest BCUT2D eigenvalue weighted by molar-refractivity contribution is 8.18. The number of thioether (sulfide) groups is 1. The van der Waals surface area contributed by atoms with Crippen molar-refractivity contribution in [2.45, 2.75) is 19.9 Å². The molecule has 1 aliphatic heterocycles. The van der Waals surface area contributed by atoms with Gasteiger partial charge in [0.25, 0.3) is 22.6 Å². The molecule has 3 amide bonds. The molecule has 1 N–H and O–H groups in total. The third-order valence-corrected chi connectivity index (χ3v) is 5.10. The SMILES string of the molecule is CCCn1nc(C(=O)NCCN2C(=O)SC(=Cc3ccc(F)cc3)C2=O)ccc1=O. The topological polar surface area (TPSA) is 101 Å². The van der Waals surface area contributed by atoms with Gasteiger partial charge in [-0.1, -0.05) is 19.1 Å². The van der Waals surface area contributed by atoms with Crippen LogP contribution in [0.15, 0.2) is 46.1 Å². The number of aryl methyl sites for hydroxylation is 1. The average molecular weight is 430 g/mol. The number of carbonyl (C=O) groups excluding carboxylic acids is 3. The van der Waals surface area contributed by atoms with E-state index in [1.807, 2.05) is 6.92 Å². The highest BCUT2D eigenvalue weighted by Crippen LogP contribution is 2.31. The van der Waals surface area contributed by atoms with Crippen molar-refractivity contribution in [2.75, 3.05) is 13.1 Å². The molecule has 0 unspecified atom stereocenters. The monoisotopic (exact) mass is 430 g/mol. The summed E-state index contributed by atoms with van der Waals surface area (Å²) in [5, 5.41) is 6.16. The second kappa shape index (κ2) is 9.49. The van der Waals surface area contributed by atoms with Crippen molar-refractivity contribution in [3.63, 3.8) is 0 Å². The molecule has 2 aromatic rings. The first kappa shape index (κ1) is 21.4. The van der Waals surface area contributed by atoms with Gasteiger partial charge in [0, 0.05) is 25.7 Å². The summed E-state index contributed by atoms with van der Waals surface area (Å²) in [6, 6.07) is 8.15. The number of carbonyl (C=O) groups is 3. The number of nitrogens with zero attached hydrogens (tertiary/aromatic N) is 3. The zero-order chi connectivity index (χ0) is 21.7. The molecule has 1 aliphatic rings. The molecule has 1 aromatic heterocycles. The van der Waals surface area contributed by atoms with Gasteiger partial charge in [-0.2, -0.15) is 5.10 Å². The van der Waals surface area contributed by atoms with Crippen molar-refractivity contribution in [3.8, 4) is 0 Å². The minimum absolute atomic E-state index is 0.00817. The second-order valence-corrected chi connectivity index (χ2v) is 7.41. The standard InChI is InChI=1S/C20H19FN4O4S/c1-2-10-25-17(26)8-7-15(23-25)18(27)22-9-11-24-19(28)16(30-20(24)29)12-13-3-5-14(21)6-4-13/h3-8,12H,2,9-11H2,1H3,(H,22,27). The molecule has 3 rings (SSSR count). The third-order valence-electron chi connectivity index (χ3n) is 4.20. The summed E-state index contributed by atoms with van der Waals surface area (Å²) < 4.78 is 14.2. The molecule has 0 aliphatic carbocycles. The van der Waals surface area contributed by atoms with E-state index in [0.717, 1.165) is 16.7 Å². The first-order chi connectivity index (χ1) is 14.4. The number of rotatable bonds is 7. The maximum atomic E-state index is 13.0. The van der Waals surface area contributed by atoms with Gasteiger partial charge >= 0.3 is 0 Å². The fourth-order valence-electron chi connectivity index (χ4n) is 2.72. The molecule has 30 heavy (non-hydrogen) atoms. The Morgan fingerprint density at radius 1 is 1.13 bits per heavy atom. The quantitative estimate of drug-likeness (QED) is 0.676. The molecular weight excluding hydrogens is 411 g/mol. The van der Waals surface area contributed by atoms with E-state index in [1.165, 1.54) is 47.2 Å². The van der Waals surface area contributed by atoms with Crippen molar-refractivity contribution >= 4 is 34.9 Å². The summed E-state index contributed by atoms with van der Waals surface area (Å²) in [6.07, 6.45) is 2.21. The number of nitrogens with one attached hydrogen (secondary N) is 1. The summed E-state index contributed by atoms with van der Waals surface area (Å²) in [4.78, 5) is 49.8. The normalized spacial score (nSPS) is 15.1. The summed E-state index contributed by atoms with van der Waals surface area (Å²) in [5.74, 6) is -1.37. The van der Waals surface area contributed by atoms with Gasteiger partial charge in [-0.25, -0.2) is 9.07 Å². The van der Waals surface area contributed by atoms with Crippen LogP contribution in [0.5, 0.6) is 0 Å². The van der Waals surface area contributed by atoms with Gasteiger partial charge < -0.3 is 5.32 Å². The van der Waals surface area contributed by atoms with E-state index >= 15 is 0 Å². The van der Waals surface area contributed by atoms with Crippen LogP contribution in [0.3, 0.4) is 0 Å². The Kier molecular flexibility index (Phi) is 6.78. The Labute approximate surface area is 175 Å². The van der Waals surface area contributed by atoms with Gasteiger partial charge in [0.15, 0.2) is 0 Å². The maximum Gasteiger partial charge on any atom is 0.293 e. The molecular formula is C20H19FN4O4S. The van der Waals surface area contributed by atoms with Crippen LogP contribution >= 0.6 is 11.8 Å². The van der Waals surface area contributed by atoms with Crippen molar-refractivity contribution < 1.29 is 18.8 Å². The number of amides is 3. The van der Waals surface area contributed by atoms with Crippen LogP contribution in [-0.4, -0.2) is 44.8 Å². The number of imide groups is 1. The van der Waals surface area contributed by atoms with E-state index < -0.39 is 22.9 Å². The Hall–Kier alpha value is -3.27. The Balaban J connectivity index is 1.59. The van der Waals surface area contributed by atoms with Crippen molar-refractivity contribution in [3.05, 3.63) is 68.7 Å². The van der Waals surface area contributed by atoms with E-state index in [1.54, 1.807) is 0 Å². The fourth-order valence-corrected chi connectivity index (χ4v) is 3.58. The van der Waals surface area contributed by atoms with Gasteiger partial charge in [0.2, 0.25) is 0 Å². The molecule has 0 bridgehead atoms. The van der Waals surface area contributed by atoms with E-state index in [4.69, 9.17) is 0 Å². The molecule has 0 spiro atoms. The molecule has 8 nitrogen and oxygen atoms in total. The average Bonchev–Trinajstić information content (AvgIpc) is 2.98. The molecule has 1 fully saturated rings. The van der Waals surface area contributed by atoms with Crippen LogP contribution in [0.25, 0.3) is 6.08 Å². The number of hydrogen-bond acceptors (Lipinski definition) is 6. The van der Waals surface area contributed by atoms with Crippen molar-refractivity contribution in [2.24, 2.45) is 0 Å². The number of halogens is 1. The molecule has 156 valence electrons. The molecule has 0 atom stereocenters. The first-order valence-corrected chi connectivity index (χ1v) is 10.1. The largest absolute Gasteiger partial charge is 0.349 e. The summed E-state index contributed by atoms with van der Waals surface area (Å²) in [6.45, 7) is 2.32. The molecule has 1 saturated heterocycles. The lowest BCUT2D eigenvalue weighted by Gasteiger charge is -2.13. The van der Waals surface area contributed by atoms with Gasteiger partial charge in [0.1, 0.15) is 11.5 Å². The van der Waals surface area contributed by atoms with Crippen molar-refractivity contribution in [1.29, 1.82) is 0 Å². The van der Waals surface area contributed by atoms with Crippen LogP contribution in [-0.2, 0) is 11.3 Å². The lowest BCUT2D eigenvalue weighted by atomic mass is 10.2. The highest BCUT2D eigenvalue weighted by atomic mass is 32.2. The summed E-state index contributed by atoms with van der Waals surface area (Å²) in [5.41, 5.74) is 0.385. The predicted octanol–water partition coefficient (Wildman–Crippen LogP) is 2.26. The number of benzene rings is 1. The van der Waals surface area contributed by atoms with Gasteiger partial charge in [0.05, 0.1) is 4.91 Å². The Bertz CT molecular complexity index is 1070. The van der Waals surface area contributed by atoms with E-state index in [2.05, 4.69) is 10.4 Å². The minimum atomic E-state index is -0.506. The fraction of sp³-hybridized carbons (Fsp3) is 0.250. The molecule has 0 radical (unpaired) electrons. The second-order valence-electron chi connectivity index (χ2n) is 6.42. The maximum absolute atomic E-state index is 13.0. The van der Waals surface area contributed by atoms with Gasteiger partial charge in [-0.05, 0) is 48.0 Å². The third kappa shape index (κ3) is 5.01. The van der Waals surface area contributed by atoms with E-state index in [0.29, 0.717) is 18.5 Å². The number of hydrogen-bond donors (Lipinski definition) is 1. The molecule has 0 saturated carbocycles. The highest BCUT2D eigenvalue weighted by Gasteiger charge is 2.34. The number of aromatic nitrogens is 2. The van der Waals surface area contributed by atoms with E-state index in [-0.39, 0.29) is 29.2 Å². The minimum Gasteiger partial charge on any atom is -0.349 e. The molecule has 2 heterocycles. The van der Waals surface area contributed by atoms with E-state index in [9.17, 15) is 23.6 Å².